The van der Waals surface area contributed by atoms with Crippen LogP contribution in [0.3, 0.4) is 0 Å². The second kappa shape index (κ2) is 7.57. The Kier molecular flexibility index (Phi) is 5.24. The molecule has 132 valence electrons. The van der Waals surface area contributed by atoms with Crippen LogP contribution >= 0.6 is 0 Å². The zero-order valence-electron chi connectivity index (χ0n) is 14.8. The van der Waals surface area contributed by atoms with E-state index < -0.39 is 6.10 Å². The van der Waals surface area contributed by atoms with Crippen molar-refractivity contribution in [3.8, 4) is 5.75 Å². The maximum atomic E-state index is 10.4. The minimum Gasteiger partial charge on any atom is -0.491 e. The van der Waals surface area contributed by atoms with Crippen LogP contribution in [0.1, 0.15) is 18.9 Å². The van der Waals surface area contributed by atoms with Crippen molar-refractivity contribution in [3.63, 3.8) is 0 Å². The summed E-state index contributed by atoms with van der Waals surface area (Å²) in [7, 11) is 0. The molecule has 5 nitrogen and oxygen atoms in total. The number of rotatable bonds is 7. The van der Waals surface area contributed by atoms with Crippen molar-refractivity contribution in [2.24, 2.45) is 0 Å². The highest BCUT2D eigenvalue weighted by Crippen LogP contribution is 2.15. The number of ether oxygens (including phenoxy) is 1. The van der Waals surface area contributed by atoms with Crippen molar-refractivity contribution in [1.29, 1.82) is 5.41 Å². The van der Waals surface area contributed by atoms with Crippen LogP contribution in [0, 0.1) is 12.3 Å². The van der Waals surface area contributed by atoms with E-state index in [0.717, 1.165) is 29.7 Å². The van der Waals surface area contributed by atoms with Crippen LogP contribution in [0.5, 0.6) is 5.75 Å². The van der Waals surface area contributed by atoms with Crippen LogP contribution in [0.25, 0.3) is 11.0 Å². The Bertz CT molecular complexity index is 893. The summed E-state index contributed by atoms with van der Waals surface area (Å²) in [5.41, 5.74) is 3.58. The fraction of sp³-hybridized carbons (Fsp3) is 0.350. The number of fused-ring (bicyclic) bond motifs is 1. The average Bonchev–Trinajstić information content (AvgIpc) is 2.88. The van der Waals surface area contributed by atoms with Crippen molar-refractivity contribution in [2.75, 3.05) is 6.61 Å². The summed E-state index contributed by atoms with van der Waals surface area (Å²) in [4.78, 5) is 0. The van der Waals surface area contributed by atoms with E-state index in [1.165, 1.54) is 5.56 Å². The van der Waals surface area contributed by atoms with E-state index in [9.17, 15) is 5.11 Å². The predicted molar refractivity (Wildman–Crippen MR) is 98.8 cm³/mol. The summed E-state index contributed by atoms with van der Waals surface area (Å²) in [6.45, 7) is 5.45. The van der Waals surface area contributed by atoms with Gasteiger partial charge in [-0.1, -0.05) is 36.8 Å². The third-order valence-corrected chi connectivity index (χ3v) is 4.28. The van der Waals surface area contributed by atoms with Gasteiger partial charge in [-0.3, -0.25) is 5.41 Å². The van der Waals surface area contributed by atoms with Gasteiger partial charge in [0, 0.05) is 6.54 Å². The van der Waals surface area contributed by atoms with E-state index in [1.54, 1.807) is 0 Å². The number of aromatic nitrogens is 2. The largest absolute Gasteiger partial charge is 0.491 e. The lowest BCUT2D eigenvalue weighted by atomic mass is 10.2. The Morgan fingerprint density at radius 3 is 2.32 bits per heavy atom. The molecule has 0 saturated heterocycles. The van der Waals surface area contributed by atoms with Crippen molar-refractivity contribution >= 4 is 11.0 Å². The number of hydrogen-bond acceptors (Lipinski definition) is 3. The van der Waals surface area contributed by atoms with Crippen LogP contribution in [0.4, 0.5) is 0 Å². The molecule has 0 aliphatic rings. The SMILES string of the molecule is CCCn1c(=N)n(C[C@H](O)COc2ccc(C)cc2)c2ccccc21. The zero-order valence-corrected chi connectivity index (χ0v) is 14.8. The van der Waals surface area contributed by atoms with Gasteiger partial charge in [0.2, 0.25) is 5.62 Å². The van der Waals surface area contributed by atoms with E-state index in [1.807, 2.05) is 64.6 Å². The molecule has 0 saturated carbocycles. The average molecular weight is 339 g/mol. The molecule has 0 aliphatic carbocycles. The number of nitrogens with one attached hydrogen (secondary N) is 1. The van der Waals surface area contributed by atoms with Crippen molar-refractivity contribution in [2.45, 2.75) is 39.5 Å². The van der Waals surface area contributed by atoms with E-state index >= 15 is 0 Å². The number of aliphatic hydroxyl groups is 1. The fourth-order valence-corrected chi connectivity index (χ4v) is 3.02. The van der Waals surface area contributed by atoms with Gasteiger partial charge in [-0.05, 0) is 37.6 Å². The summed E-state index contributed by atoms with van der Waals surface area (Å²) in [6.07, 6.45) is 0.278. The van der Waals surface area contributed by atoms with Gasteiger partial charge in [-0.15, -0.1) is 0 Å². The zero-order chi connectivity index (χ0) is 17.8. The second-order valence-corrected chi connectivity index (χ2v) is 6.35. The normalized spacial score (nSPS) is 12.4. The Balaban J connectivity index is 1.76. The second-order valence-electron chi connectivity index (χ2n) is 6.35. The first kappa shape index (κ1) is 17.3. The quantitative estimate of drug-likeness (QED) is 0.695. The van der Waals surface area contributed by atoms with Gasteiger partial charge < -0.3 is 19.0 Å². The van der Waals surface area contributed by atoms with Gasteiger partial charge in [0.05, 0.1) is 17.6 Å². The lowest BCUT2D eigenvalue weighted by Crippen LogP contribution is -2.31. The van der Waals surface area contributed by atoms with Gasteiger partial charge >= 0.3 is 0 Å². The molecule has 0 bridgehead atoms. The maximum absolute atomic E-state index is 10.4. The minimum absolute atomic E-state index is 0.197. The number of benzene rings is 2. The van der Waals surface area contributed by atoms with E-state index in [2.05, 4.69) is 6.92 Å². The number of aliphatic hydroxyl groups excluding tert-OH is 1. The van der Waals surface area contributed by atoms with Crippen molar-refractivity contribution < 1.29 is 9.84 Å². The topological polar surface area (TPSA) is 63.2 Å². The van der Waals surface area contributed by atoms with Gasteiger partial charge in [-0.2, -0.15) is 0 Å². The highest BCUT2D eigenvalue weighted by Gasteiger charge is 2.14. The van der Waals surface area contributed by atoms with Crippen LogP contribution < -0.4 is 10.4 Å². The molecule has 0 spiro atoms. The third kappa shape index (κ3) is 3.77. The van der Waals surface area contributed by atoms with Gasteiger partial charge in [0.1, 0.15) is 18.5 Å². The molecule has 3 rings (SSSR count). The maximum Gasteiger partial charge on any atom is 0.203 e. The molecular weight excluding hydrogens is 314 g/mol. The number of aryl methyl sites for hydroxylation is 2. The number of imidazole rings is 1. The van der Waals surface area contributed by atoms with Crippen molar-refractivity contribution in [1.82, 2.24) is 9.13 Å². The fourth-order valence-electron chi connectivity index (χ4n) is 3.02. The highest BCUT2D eigenvalue weighted by molar-refractivity contribution is 5.75. The summed E-state index contributed by atoms with van der Waals surface area (Å²) in [5.74, 6) is 0.745. The number of nitrogens with zero attached hydrogens (tertiary/aromatic N) is 2. The molecule has 1 heterocycles. The van der Waals surface area contributed by atoms with Gasteiger partial charge in [0.25, 0.3) is 0 Å². The highest BCUT2D eigenvalue weighted by atomic mass is 16.5. The molecule has 1 atom stereocenters. The van der Waals surface area contributed by atoms with Crippen LogP contribution in [-0.4, -0.2) is 27.0 Å². The molecule has 2 aromatic carbocycles. The summed E-state index contributed by atoms with van der Waals surface area (Å²) >= 11 is 0. The molecule has 3 aromatic rings. The molecule has 5 heteroatoms. The van der Waals surface area contributed by atoms with Crippen LogP contribution in [-0.2, 0) is 13.1 Å². The molecule has 0 amide bonds. The first-order chi connectivity index (χ1) is 12.1. The number of para-hydroxylation sites is 2. The Morgan fingerprint density at radius 2 is 1.68 bits per heavy atom. The summed E-state index contributed by atoms with van der Waals surface area (Å²) in [5, 5.41) is 18.9. The van der Waals surface area contributed by atoms with E-state index in [0.29, 0.717) is 12.2 Å². The molecule has 0 fully saturated rings. The van der Waals surface area contributed by atoms with Crippen molar-refractivity contribution in [3.05, 3.63) is 59.7 Å². The standard InChI is InChI=1S/C20H25N3O2/c1-3-12-22-18-6-4-5-7-19(18)23(20(22)21)13-16(24)14-25-17-10-8-15(2)9-11-17/h4-11,16,21,24H,3,12-14H2,1-2H3/t16-/m0/s1. The minimum atomic E-state index is -0.684. The van der Waals surface area contributed by atoms with Crippen LogP contribution in [0.15, 0.2) is 48.5 Å². The number of hydrogen-bond donors (Lipinski definition) is 2. The first-order valence-corrected chi connectivity index (χ1v) is 8.70. The molecule has 2 N–H and O–H groups in total. The Labute approximate surface area is 147 Å². The molecule has 0 radical (unpaired) electrons. The Hall–Kier alpha value is -2.53. The molecule has 0 aliphatic heterocycles. The molecule has 25 heavy (non-hydrogen) atoms. The van der Waals surface area contributed by atoms with E-state index in [4.69, 9.17) is 10.1 Å². The van der Waals surface area contributed by atoms with Gasteiger partial charge in [0.15, 0.2) is 0 Å². The van der Waals surface area contributed by atoms with Crippen LogP contribution in [0.2, 0.25) is 0 Å². The molecule has 1 aromatic heterocycles. The lowest BCUT2D eigenvalue weighted by molar-refractivity contribution is 0.0921. The van der Waals surface area contributed by atoms with Gasteiger partial charge in [-0.25, -0.2) is 0 Å². The molecule has 0 unspecified atom stereocenters. The summed E-state index contributed by atoms with van der Waals surface area (Å²) in [6, 6.07) is 15.7. The smallest absolute Gasteiger partial charge is 0.203 e. The summed E-state index contributed by atoms with van der Waals surface area (Å²) < 4.78 is 9.51. The first-order valence-electron chi connectivity index (χ1n) is 8.70. The lowest BCUT2D eigenvalue weighted by Gasteiger charge is -2.14. The predicted octanol–water partition coefficient (Wildman–Crippen LogP) is 3.08. The molecular formula is C20H25N3O2. The monoisotopic (exact) mass is 339 g/mol. The third-order valence-electron chi connectivity index (χ3n) is 4.28. The Morgan fingerprint density at radius 1 is 1.04 bits per heavy atom. The van der Waals surface area contributed by atoms with E-state index in [-0.39, 0.29) is 6.61 Å².